The van der Waals surface area contributed by atoms with E-state index >= 15 is 0 Å². The summed E-state index contributed by atoms with van der Waals surface area (Å²) < 4.78 is 7.22. The monoisotopic (exact) mass is 339 g/mol. The number of carbonyl (C=O) groups excluding carboxylic acids is 2. The Morgan fingerprint density at radius 3 is 2.55 bits per heavy atom. The Balaban J connectivity index is 0.000000444. The molecule has 0 spiro atoms. The molecule has 4 nitrogen and oxygen atoms in total. The van der Waals surface area contributed by atoms with Gasteiger partial charge >= 0.3 is 0 Å². The normalized spacial score (nSPS) is 10.1. The molecule has 0 unspecified atom stereocenters. The number of pyridine rings is 1. The van der Waals surface area contributed by atoms with Crippen molar-refractivity contribution in [2.45, 2.75) is 20.8 Å². The first-order valence-electron chi connectivity index (χ1n) is 6.23. The average molecular weight is 340 g/mol. The molecule has 108 valence electrons. The van der Waals surface area contributed by atoms with E-state index < -0.39 is 0 Å². The molecule has 0 bridgehead atoms. The molecule has 0 amide bonds. The van der Waals surface area contributed by atoms with E-state index in [1.54, 1.807) is 24.5 Å². The summed E-state index contributed by atoms with van der Waals surface area (Å²) in [4.78, 5) is 22.5. The van der Waals surface area contributed by atoms with E-state index in [-0.39, 0.29) is 5.78 Å². The second-order valence-corrected chi connectivity index (χ2v) is 5.10. The fraction of sp³-hybridized carbons (Fsp3) is 0.333. The van der Waals surface area contributed by atoms with Crippen molar-refractivity contribution in [1.82, 2.24) is 4.40 Å². The Hall–Kier alpha value is -1.46. The van der Waals surface area contributed by atoms with Crippen LogP contribution in [-0.4, -0.2) is 30.2 Å². The van der Waals surface area contributed by atoms with Gasteiger partial charge in [0.05, 0.1) is 11.2 Å². The Bertz CT molecular complexity index is 630. The van der Waals surface area contributed by atoms with E-state index in [4.69, 9.17) is 0 Å². The van der Waals surface area contributed by atoms with Gasteiger partial charge in [-0.1, -0.05) is 0 Å². The zero-order valence-electron chi connectivity index (χ0n) is 12.1. The highest BCUT2D eigenvalue weighted by atomic mass is 79.9. The van der Waals surface area contributed by atoms with E-state index in [1.807, 2.05) is 19.2 Å². The van der Waals surface area contributed by atoms with Crippen LogP contribution in [-0.2, 0) is 4.74 Å². The molecule has 0 radical (unpaired) electrons. The zero-order chi connectivity index (χ0) is 15.3. The number of aromatic nitrogens is 1. The maximum absolute atomic E-state index is 11.6. The maximum Gasteiger partial charge on any atom is 0.176 e. The van der Waals surface area contributed by atoms with Gasteiger partial charge in [-0.2, -0.15) is 0 Å². The molecule has 2 aromatic heterocycles. The molecule has 0 fully saturated rings. The summed E-state index contributed by atoms with van der Waals surface area (Å²) in [5.41, 5.74) is 2.67. The van der Waals surface area contributed by atoms with Gasteiger partial charge in [0, 0.05) is 36.9 Å². The highest BCUT2D eigenvalue weighted by Crippen LogP contribution is 2.25. The summed E-state index contributed by atoms with van der Waals surface area (Å²) in [5.74, 6) is -0.0469. The van der Waals surface area contributed by atoms with Crippen molar-refractivity contribution < 1.29 is 14.3 Å². The Morgan fingerprint density at radius 1 is 1.50 bits per heavy atom. The van der Waals surface area contributed by atoms with Crippen LogP contribution in [0.25, 0.3) is 5.52 Å². The number of nitrogens with zero attached hydrogens (tertiary/aromatic N) is 1. The number of ketones is 1. The van der Waals surface area contributed by atoms with Crippen LogP contribution in [0.2, 0.25) is 0 Å². The van der Waals surface area contributed by atoms with Gasteiger partial charge in [0.1, 0.15) is 6.29 Å². The molecule has 2 rings (SSSR count). The topological polar surface area (TPSA) is 47.8 Å². The molecular formula is C15H18BrNO3. The lowest BCUT2D eigenvalue weighted by atomic mass is 10.1. The lowest BCUT2D eigenvalue weighted by Crippen LogP contribution is -2.07. The van der Waals surface area contributed by atoms with Crippen LogP contribution in [0.5, 0.6) is 0 Å². The van der Waals surface area contributed by atoms with Crippen LogP contribution in [0.3, 0.4) is 0 Å². The minimum atomic E-state index is -0.0469. The number of hydrogen-bond acceptors (Lipinski definition) is 3. The van der Waals surface area contributed by atoms with Crippen molar-refractivity contribution in [2.24, 2.45) is 0 Å². The quantitative estimate of drug-likeness (QED) is 0.633. The molecule has 0 saturated heterocycles. The van der Waals surface area contributed by atoms with Gasteiger partial charge in [-0.15, -0.1) is 0 Å². The Kier molecular flexibility index (Phi) is 6.10. The third-order valence-corrected chi connectivity index (χ3v) is 3.62. The van der Waals surface area contributed by atoms with Gasteiger partial charge in [-0.3, -0.25) is 9.59 Å². The summed E-state index contributed by atoms with van der Waals surface area (Å²) in [6.07, 6.45) is 2.60. The molecule has 0 aliphatic rings. The lowest BCUT2D eigenvalue weighted by Gasteiger charge is -2.09. The van der Waals surface area contributed by atoms with Crippen LogP contribution in [0.15, 0.2) is 22.8 Å². The second-order valence-electron chi connectivity index (χ2n) is 4.24. The van der Waals surface area contributed by atoms with Crippen LogP contribution in [0.1, 0.15) is 40.3 Å². The number of methoxy groups -OCH3 is 1. The summed E-state index contributed by atoms with van der Waals surface area (Å²) in [7, 11) is 1.68. The van der Waals surface area contributed by atoms with Crippen molar-refractivity contribution in [3.05, 3.63) is 39.6 Å². The van der Waals surface area contributed by atoms with Gasteiger partial charge in [-0.25, -0.2) is 0 Å². The van der Waals surface area contributed by atoms with E-state index in [1.165, 1.54) is 6.92 Å². The fourth-order valence-corrected chi connectivity index (χ4v) is 2.31. The van der Waals surface area contributed by atoms with Gasteiger partial charge in [-0.05, 0) is 47.5 Å². The number of hydrogen-bond donors (Lipinski definition) is 0. The molecule has 0 N–H and O–H groups in total. The molecule has 0 aliphatic heterocycles. The summed E-state index contributed by atoms with van der Waals surface area (Å²) in [6.45, 7) is 6.07. The van der Waals surface area contributed by atoms with Crippen molar-refractivity contribution in [3.8, 4) is 0 Å². The summed E-state index contributed by atoms with van der Waals surface area (Å²) in [6, 6.07) is 3.63. The van der Waals surface area contributed by atoms with Crippen molar-refractivity contribution in [2.75, 3.05) is 13.7 Å². The largest absolute Gasteiger partial charge is 0.385 e. The first kappa shape index (κ1) is 16.6. The minimum absolute atomic E-state index is 0.0469. The highest BCUT2D eigenvalue weighted by Gasteiger charge is 2.14. The number of fused-ring (bicyclic) bond motifs is 1. The highest BCUT2D eigenvalue weighted by molar-refractivity contribution is 9.10. The standard InChI is InChI=1S/C12H10BrNO2.C3H8O/c1-7-9(6-15)5-11-10(13)3-4-14(11)12(7)8(2)16;1-3-4-2/h3-6H,1-2H3;3H2,1-2H3. The van der Waals surface area contributed by atoms with E-state index in [9.17, 15) is 9.59 Å². The van der Waals surface area contributed by atoms with Gasteiger partial charge in [0.25, 0.3) is 0 Å². The number of Topliss-reactive ketones (excluding diaryl/α,β-unsaturated/α-hetero) is 1. The van der Waals surface area contributed by atoms with Gasteiger partial charge < -0.3 is 9.14 Å². The molecule has 0 aliphatic carbocycles. The van der Waals surface area contributed by atoms with Crippen LogP contribution in [0, 0.1) is 6.92 Å². The van der Waals surface area contributed by atoms with E-state index in [0.29, 0.717) is 11.3 Å². The first-order chi connectivity index (χ1) is 9.47. The zero-order valence-corrected chi connectivity index (χ0v) is 13.7. The number of aldehydes is 1. The number of ether oxygens (including phenoxy) is 1. The van der Waals surface area contributed by atoms with E-state index in [0.717, 1.165) is 28.4 Å². The summed E-state index contributed by atoms with van der Waals surface area (Å²) in [5, 5.41) is 0. The first-order valence-corrected chi connectivity index (χ1v) is 7.02. The molecule has 0 aromatic carbocycles. The minimum Gasteiger partial charge on any atom is -0.385 e. The smallest absolute Gasteiger partial charge is 0.176 e. The number of carbonyl (C=O) groups is 2. The number of halogens is 1. The maximum atomic E-state index is 11.6. The van der Waals surface area contributed by atoms with Crippen molar-refractivity contribution >= 4 is 33.5 Å². The predicted octanol–water partition coefficient (Wildman–Crippen LogP) is 3.68. The van der Waals surface area contributed by atoms with Crippen LogP contribution >= 0.6 is 15.9 Å². The average Bonchev–Trinajstić information content (AvgIpc) is 2.79. The molecule has 2 heterocycles. The molecule has 0 atom stereocenters. The van der Waals surface area contributed by atoms with Crippen LogP contribution in [0.4, 0.5) is 0 Å². The van der Waals surface area contributed by atoms with Gasteiger partial charge in [0.2, 0.25) is 0 Å². The summed E-state index contributed by atoms with van der Waals surface area (Å²) >= 11 is 3.39. The molecule has 2 aromatic rings. The SMILES string of the molecule is CC(=O)c1c(C)c(C=O)cc2c(Br)ccn12.CCOC. The second kappa shape index (κ2) is 7.36. The molecule has 5 heteroatoms. The van der Waals surface area contributed by atoms with Crippen molar-refractivity contribution in [1.29, 1.82) is 0 Å². The van der Waals surface area contributed by atoms with Crippen LogP contribution < -0.4 is 0 Å². The van der Waals surface area contributed by atoms with E-state index in [2.05, 4.69) is 20.7 Å². The third-order valence-electron chi connectivity index (χ3n) is 2.94. The third kappa shape index (κ3) is 3.35. The molecule has 0 saturated carbocycles. The Labute approximate surface area is 126 Å². The number of rotatable bonds is 3. The van der Waals surface area contributed by atoms with Crippen molar-refractivity contribution in [3.63, 3.8) is 0 Å². The molecule has 20 heavy (non-hydrogen) atoms. The Morgan fingerprint density at radius 2 is 2.10 bits per heavy atom. The molecular weight excluding hydrogens is 322 g/mol. The lowest BCUT2D eigenvalue weighted by molar-refractivity contribution is 0.101. The van der Waals surface area contributed by atoms with Gasteiger partial charge in [0.15, 0.2) is 5.78 Å². The fourth-order valence-electron chi connectivity index (χ4n) is 1.88. The predicted molar refractivity (Wildman–Crippen MR) is 82.8 cm³/mol.